The summed E-state index contributed by atoms with van der Waals surface area (Å²) in [7, 11) is 0. The second-order valence-electron chi connectivity index (χ2n) is 3.31. The third-order valence-corrected chi connectivity index (χ3v) is 1.88. The highest BCUT2D eigenvalue weighted by Gasteiger charge is 2.11. The number of rotatable bonds is 4. The highest BCUT2D eigenvalue weighted by atomic mass is 16.3. The van der Waals surface area contributed by atoms with Crippen LogP contribution in [0.15, 0.2) is 22.8 Å². The molecule has 1 aromatic heterocycles. The van der Waals surface area contributed by atoms with Crippen LogP contribution >= 0.6 is 0 Å². The van der Waals surface area contributed by atoms with Gasteiger partial charge in [0, 0.05) is 0 Å². The molecule has 1 unspecified atom stereocenters. The summed E-state index contributed by atoms with van der Waals surface area (Å²) >= 11 is 0. The molecule has 0 amide bonds. The molecule has 0 aliphatic carbocycles. The normalized spacial score (nSPS) is 12.8. The summed E-state index contributed by atoms with van der Waals surface area (Å²) in [5, 5.41) is 11.9. The van der Waals surface area contributed by atoms with Gasteiger partial charge in [-0.1, -0.05) is 13.8 Å². The Labute approximate surface area is 78.4 Å². The van der Waals surface area contributed by atoms with Crippen molar-refractivity contribution in [3.8, 4) is 6.07 Å². The van der Waals surface area contributed by atoms with Gasteiger partial charge in [0.1, 0.15) is 5.76 Å². The molecule has 0 spiro atoms. The summed E-state index contributed by atoms with van der Waals surface area (Å²) in [6.07, 6.45) is 1.63. The van der Waals surface area contributed by atoms with Gasteiger partial charge in [-0.3, -0.25) is 5.32 Å². The first kappa shape index (κ1) is 9.82. The second kappa shape index (κ2) is 4.68. The van der Waals surface area contributed by atoms with Gasteiger partial charge in [0.05, 0.1) is 24.9 Å². The van der Waals surface area contributed by atoms with Crippen molar-refractivity contribution in [1.29, 1.82) is 5.26 Å². The molecule has 1 aromatic rings. The van der Waals surface area contributed by atoms with Crippen LogP contribution in [0.4, 0.5) is 0 Å². The lowest BCUT2D eigenvalue weighted by atomic mass is 10.1. The molecule has 3 nitrogen and oxygen atoms in total. The topological polar surface area (TPSA) is 49.0 Å². The Morgan fingerprint density at radius 3 is 2.85 bits per heavy atom. The van der Waals surface area contributed by atoms with E-state index in [-0.39, 0.29) is 6.04 Å². The zero-order valence-corrected chi connectivity index (χ0v) is 7.95. The monoisotopic (exact) mass is 178 g/mol. The molecule has 1 rings (SSSR count). The molecule has 0 fully saturated rings. The molecule has 0 saturated heterocycles. The van der Waals surface area contributed by atoms with Gasteiger partial charge in [-0.05, 0) is 18.1 Å². The molecule has 0 aromatic carbocycles. The van der Waals surface area contributed by atoms with E-state index in [2.05, 4.69) is 11.4 Å². The summed E-state index contributed by atoms with van der Waals surface area (Å²) in [6, 6.07) is 5.84. The van der Waals surface area contributed by atoms with Gasteiger partial charge in [0.15, 0.2) is 0 Å². The number of nitrogens with zero attached hydrogens (tertiary/aromatic N) is 1. The van der Waals surface area contributed by atoms with Crippen molar-refractivity contribution in [3.05, 3.63) is 24.2 Å². The Balaban J connectivity index is 2.38. The van der Waals surface area contributed by atoms with Gasteiger partial charge >= 0.3 is 0 Å². The Kier molecular flexibility index (Phi) is 3.53. The van der Waals surface area contributed by atoms with E-state index in [1.165, 1.54) is 0 Å². The van der Waals surface area contributed by atoms with Crippen LogP contribution in [0.5, 0.6) is 0 Å². The fourth-order valence-electron chi connectivity index (χ4n) is 1.05. The van der Waals surface area contributed by atoms with E-state index in [4.69, 9.17) is 9.68 Å². The van der Waals surface area contributed by atoms with E-state index in [0.717, 1.165) is 5.76 Å². The number of hydrogen-bond donors (Lipinski definition) is 1. The Morgan fingerprint density at radius 1 is 1.62 bits per heavy atom. The average Bonchev–Trinajstić information content (AvgIpc) is 2.57. The zero-order valence-electron chi connectivity index (χ0n) is 7.95. The fraction of sp³-hybridized carbons (Fsp3) is 0.500. The number of nitrogens with one attached hydrogen (secondary N) is 1. The Bertz CT molecular complexity index is 272. The van der Waals surface area contributed by atoms with E-state index < -0.39 is 0 Å². The quantitative estimate of drug-likeness (QED) is 0.766. The standard InChI is InChI=1S/C10H14N2O/c1-8(2)10(6-11)12-7-9-4-3-5-13-9/h3-5,8,10,12H,7H2,1-2H3. The minimum Gasteiger partial charge on any atom is -0.468 e. The molecule has 3 heteroatoms. The summed E-state index contributed by atoms with van der Waals surface area (Å²) in [5.41, 5.74) is 0. The predicted octanol–water partition coefficient (Wildman–Crippen LogP) is 1.92. The van der Waals surface area contributed by atoms with Crippen LogP contribution in [0.1, 0.15) is 19.6 Å². The maximum absolute atomic E-state index is 8.78. The summed E-state index contributed by atoms with van der Waals surface area (Å²) < 4.78 is 5.14. The van der Waals surface area contributed by atoms with E-state index in [9.17, 15) is 0 Å². The molecule has 1 atom stereocenters. The summed E-state index contributed by atoms with van der Waals surface area (Å²) in [6.45, 7) is 4.65. The first-order valence-corrected chi connectivity index (χ1v) is 4.39. The zero-order chi connectivity index (χ0) is 9.68. The minimum absolute atomic E-state index is 0.106. The largest absolute Gasteiger partial charge is 0.468 e. The van der Waals surface area contributed by atoms with Crippen LogP contribution in [-0.2, 0) is 6.54 Å². The molecule has 0 aliphatic heterocycles. The first-order chi connectivity index (χ1) is 6.24. The Morgan fingerprint density at radius 2 is 2.38 bits per heavy atom. The van der Waals surface area contributed by atoms with Crippen molar-refractivity contribution >= 4 is 0 Å². The minimum atomic E-state index is -0.106. The van der Waals surface area contributed by atoms with Crippen LogP contribution in [0, 0.1) is 17.2 Å². The van der Waals surface area contributed by atoms with Crippen molar-refractivity contribution in [3.63, 3.8) is 0 Å². The predicted molar refractivity (Wildman–Crippen MR) is 49.8 cm³/mol. The van der Waals surface area contributed by atoms with Gasteiger partial charge in [0.25, 0.3) is 0 Å². The average molecular weight is 178 g/mol. The summed E-state index contributed by atoms with van der Waals surface area (Å²) in [5.74, 6) is 1.18. The molecule has 0 saturated carbocycles. The lowest BCUT2D eigenvalue weighted by Gasteiger charge is -2.13. The van der Waals surface area contributed by atoms with Gasteiger partial charge < -0.3 is 4.42 Å². The third kappa shape index (κ3) is 2.92. The van der Waals surface area contributed by atoms with E-state index in [1.807, 2.05) is 26.0 Å². The molecule has 1 N–H and O–H groups in total. The van der Waals surface area contributed by atoms with Crippen molar-refractivity contribution < 1.29 is 4.42 Å². The van der Waals surface area contributed by atoms with E-state index in [1.54, 1.807) is 6.26 Å². The first-order valence-electron chi connectivity index (χ1n) is 4.39. The molecule has 0 aliphatic rings. The van der Waals surface area contributed by atoms with Crippen molar-refractivity contribution in [1.82, 2.24) is 5.32 Å². The number of furan rings is 1. The number of nitriles is 1. The second-order valence-corrected chi connectivity index (χ2v) is 3.31. The van der Waals surface area contributed by atoms with Gasteiger partial charge in [-0.25, -0.2) is 0 Å². The lowest BCUT2D eigenvalue weighted by Crippen LogP contribution is -2.31. The van der Waals surface area contributed by atoms with Gasteiger partial charge in [-0.2, -0.15) is 5.26 Å². The Hall–Kier alpha value is -1.27. The van der Waals surface area contributed by atoms with Gasteiger partial charge in [0.2, 0.25) is 0 Å². The summed E-state index contributed by atoms with van der Waals surface area (Å²) in [4.78, 5) is 0. The van der Waals surface area contributed by atoms with Gasteiger partial charge in [-0.15, -0.1) is 0 Å². The van der Waals surface area contributed by atoms with Crippen LogP contribution < -0.4 is 5.32 Å². The molecule has 13 heavy (non-hydrogen) atoms. The van der Waals surface area contributed by atoms with Crippen molar-refractivity contribution in [2.24, 2.45) is 5.92 Å². The van der Waals surface area contributed by atoms with Crippen LogP contribution in [0.3, 0.4) is 0 Å². The fourth-order valence-corrected chi connectivity index (χ4v) is 1.05. The lowest BCUT2D eigenvalue weighted by molar-refractivity contribution is 0.427. The molecule has 1 heterocycles. The molecular weight excluding hydrogens is 164 g/mol. The molecule has 70 valence electrons. The maximum atomic E-state index is 8.78. The van der Waals surface area contributed by atoms with Crippen molar-refractivity contribution in [2.45, 2.75) is 26.4 Å². The SMILES string of the molecule is CC(C)C(C#N)NCc1ccco1. The molecular formula is C10H14N2O. The third-order valence-electron chi connectivity index (χ3n) is 1.88. The smallest absolute Gasteiger partial charge is 0.117 e. The molecule has 0 radical (unpaired) electrons. The maximum Gasteiger partial charge on any atom is 0.117 e. The van der Waals surface area contributed by atoms with E-state index >= 15 is 0 Å². The van der Waals surface area contributed by atoms with Crippen LogP contribution in [-0.4, -0.2) is 6.04 Å². The highest BCUT2D eigenvalue weighted by Crippen LogP contribution is 2.03. The van der Waals surface area contributed by atoms with Crippen molar-refractivity contribution in [2.75, 3.05) is 0 Å². The van der Waals surface area contributed by atoms with Crippen LogP contribution in [0.25, 0.3) is 0 Å². The number of hydrogen-bond acceptors (Lipinski definition) is 3. The van der Waals surface area contributed by atoms with Crippen LogP contribution in [0.2, 0.25) is 0 Å². The molecule has 0 bridgehead atoms. The van der Waals surface area contributed by atoms with E-state index in [0.29, 0.717) is 12.5 Å². The highest BCUT2D eigenvalue weighted by molar-refractivity contribution is 5.00.